The van der Waals surface area contributed by atoms with Crippen molar-refractivity contribution in [3.63, 3.8) is 0 Å². The normalized spacial score (nSPS) is 30.0. The van der Waals surface area contributed by atoms with Gasteiger partial charge in [0.15, 0.2) is 0 Å². The molecule has 3 heterocycles. The topological polar surface area (TPSA) is 61.0 Å². The van der Waals surface area contributed by atoms with Crippen LogP contribution >= 0.6 is 11.3 Å². The second-order valence-electron chi connectivity index (χ2n) is 4.40. The molecule has 2 aromatic heterocycles. The van der Waals surface area contributed by atoms with E-state index in [4.69, 9.17) is 10.5 Å². The average Bonchev–Trinajstić information content (AvgIpc) is 2.84. The molecule has 2 atom stereocenters. The second kappa shape index (κ2) is 3.48. The van der Waals surface area contributed by atoms with Gasteiger partial charge in [0.2, 0.25) is 0 Å². The fourth-order valence-electron chi connectivity index (χ4n) is 1.93. The molecule has 5 heteroatoms. The number of thiazole rings is 1. The summed E-state index contributed by atoms with van der Waals surface area (Å²) >= 11 is 1.69. The minimum Gasteiger partial charge on any atom is -0.379 e. The number of hydrogen-bond donors (Lipinski definition) is 1. The summed E-state index contributed by atoms with van der Waals surface area (Å²) in [6.07, 6.45) is 3.58. The molecule has 3 rings (SSSR count). The molecule has 2 unspecified atom stereocenters. The van der Waals surface area contributed by atoms with Gasteiger partial charge in [-0.2, -0.15) is 0 Å². The highest BCUT2D eigenvalue weighted by Crippen LogP contribution is 2.36. The van der Waals surface area contributed by atoms with Crippen molar-refractivity contribution in [2.45, 2.75) is 18.4 Å². The van der Waals surface area contributed by atoms with Gasteiger partial charge in [-0.15, -0.1) is 11.3 Å². The Morgan fingerprint density at radius 1 is 1.62 bits per heavy atom. The van der Waals surface area contributed by atoms with Gasteiger partial charge in [0.1, 0.15) is 5.01 Å². The average molecular weight is 235 g/mol. The molecule has 1 aliphatic heterocycles. The third kappa shape index (κ3) is 1.36. The van der Waals surface area contributed by atoms with Crippen LogP contribution in [0.3, 0.4) is 0 Å². The molecule has 0 amide bonds. The smallest absolute Gasteiger partial charge is 0.104 e. The van der Waals surface area contributed by atoms with Crippen LogP contribution in [0.5, 0.6) is 0 Å². The Morgan fingerprint density at radius 3 is 3.19 bits per heavy atom. The quantitative estimate of drug-likeness (QED) is 0.809. The first-order valence-corrected chi connectivity index (χ1v) is 6.06. The first kappa shape index (κ1) is 10.1. The number of fused-ring (bicyclic) bond motifs is 1. The summed E-state index contributed by atoms with van der Waals surface area (Å²) < 4.78 is 6.61. The molecule has 2 N–H and O–H groups in total. The Labute approximate surface area is 97.5 Å². The number of nitrogens with zero attached hydrogens (tertiary/aromatic N) is 2. The van der Waals surface area contributed by atoms with Gasteiger partial charge in [0, 0.05) is 12.2 Å². The fourth-order valence-corrected chi connectivity index (χ4v) is 3.06. The molecule has 1 fully saturated rings. The van der Waals surface area contributed by atoms with E-state index in [1.807, 2.05) is 6.07 Å². The zero-order valence-electron chi connectivity index (χ0n) is 9.01. The summed E-state index contributed by atoms with van der Waals surface area (Å²) in [6.45, 7) is 3.39. The van der Waals surface area contributed by atoms with Crippen molar-refractivity contribution in [2.24, 2.45) is 5.73 Å². The molecule has 0 aromatic carbocycles. The molecule has 2 aromatic rings. The lowest BCUT2D eigenvalue weighted by Gasteiger charge is -2.23. The van der Waals surface area contributed by atoms with Gasteiger partial charge in [-0.05, 0) is 13.0 Å². The maximum atomic E-state index is 6.09. The van der Waals surface area contributed by atoms with Crippen LogP contribution in [0.4, 0.5) is 0 Å². The molecule has 0 spiro atoms. The fraction of sp³-hybridized carbons (Fsp3) is 0.455. The highest BCUT2D eigenvalue weighted by molar-refractivity contribution is 7.18. The minimum atomic E-state index is -0.149. The zero-order chi connectivity index (χ0) is 11.2. The summed E-state index contributed by atoms with van der Waals surface area (Å²) in [4.78, 5) is 8.69. The monoisotopic (exact) mass is 235 g/mol. The minimum absolute atomic E-state index is 0.0287. The molecule has 0 bridgehead atoms. The number of ether oxygens (including phenoxy) is 1. The van der Waals surface area contributed by atoms with Crippen LogP contribution in [0.25, 0.3) is 10.2 Å². The highest BCUT2D eigenvalue weighted by atomic mass is 32.1. The Hall–Kier alpha value is -1.04. The van der Waals surface area contributed by atoms with Crippen molar-refractivity contribution in [1.29, 1.82) is 0 Å². The Morgan fingerprint density at radius 2 is 2.50 bits per heavy atom. The number of rotatable bonds is 1. The number of aromatic nitrogens is 2. The Balaban J connectivity index is 2.12. The summed E-state index contributed by atoms with van der Waals surface area (Å²) in [6, 6.07) is 2.02. The SMILES string of the molecule is CC1(c2nc3cnccc3s2)COCC1N. The Bertz CT molecular complexity index is 494. The van der Waals surface area contributed by atoms with Gasteiger partial charge >= 0.3 is 0 Å². The standard InChI is InChI=1S/C11H13N3OS/c1-11(6-15-5-9(11)12)10-14-7-4-13-3-2-8(7)16-10/h2-4,9H,5-6,12H2,1H3. The maximum Gasteiger partial charge on any atom is 0.104 e. The maximum absolute atomic E-state index is 6.09. The first-order valence-electron chi connectivity index (χ1n) is 5.24. The third-order valence-electron chi connectivity index (χ3n) is 3.20. The predicted molar refractivity (Wildman–Crippen MR) is 63.6 cm³/mol. The van der Waals surface area contributed by atoms with Gasteiger partial charge < -0.3 is 10.5 Å². The van der Waals surface area contributed by atoms with E-state index in [1.165, 1.54) is 0 Å². The summed E-state index contributed by atoms with van der Waals surface area (Å²) in [5, 5.41) is 1.06. The molecule has 4 nitrogen and oxygen atoms in total. The predicted octanol–water partition coefficient (Wildman–Crippen LogP) is 1.31. The molecule has 0 aliphatic carbocycles. The highest BCUT2D eigenvalue weighted by Gasteiger charge is 2.41. The van der Waals surface area contributed by atoms with Crippen LogP contribution in [0.1, 0.15) is 11.9 Å². The first-order chi connectivity index (χ1) is 7.70. The summed E-state index contributed by atoms with van der Waals surface area (Å²) in [5.74, 6) is 0. The van der Waals surface area contributed by atoms with Crippen LogP contribution < -0.4 is 5.73 Å². The molecule has 1 aliphatic rings. The van der Waals surface area contributed by atoms with E-state index in [9.17, 15) is 0 Å². The molecule has 16 heavy (non-hydrogen) atoms. The van der Waals surface area contributed by atoms with Crippen LogP contribution in [-0.2, 0) is 10.2 Å². The van der Waals surface area contributed by atoms with Crippen molar-refractivity contribution in [3.05, 3.63) is 23.5 Å². The lowest BCUT2D eigenvalue weighted by Crippen LogP contribution is -2.41. The van der Waals surface area contributed by atoms with Crippen molar-refractivity contribution >= 4 is 21.6 Å². The van der Waals surface area contributed by atoms with Crippen LogP contribution in [0.2, 0.25) is 0 Å². The van der Waals surface area contributed by atoms with Crippen molar-refractivity contribution in [2.75, 3.05) is 13.2 Å². The van der Waals surface area contributed by atoms with E-state index in [0.29, 0.717) is 13.2 Å². The molecule has 1 saturated heterocycles. The van der Waals surface area contributed by atoms with Gasteiger partial charge in [0.05, 0.1) is 35.0 Å². The van der Waals surface area contributed by atoms with E-state index in [0.717, 1.165) is 15.2 Å². The molecule has 0 saturated carbocycles. The summed E-state index contributed by atoms with van der Waals surface area (Å²) in [5.41, 5.74) is 6.89. The lowest BCUT2D eigenvalue weighted by molar-refractivity contribution is 0.180. The van der Waals surface area contributed by atoms with Gasteiger partial charge in [0.25, 0.3) is 0 Å². The van der Waals surface area contributed by atoms with Crippen LogP contribution in [-0.4, -0.2) is 29.2 Å². The van der Waals surface area contributed by atoms with Crippen LogP contribution in [0.15, 0.2) is 18.5 Å². The number of hydrogen-bond acceptors (Lipinski definition) is 5. The number of nitrogens with two attached hydrogens (primary N) is 1. The third-order valence-corrected chi connectivity index (χ3v) is 4.51. The van der Waals surface area contributed by atoms with Crippen molar-refractivity contribution in [1.82, 2.24) is 9.97 Å². The Kier molecular flexibility index (Phi) is 2.20. The van der Waals surface area contributed by atoms with Crippen LogP contribution in [0, 0.1) is 0 Å². The van der Waals surface area contributed by atoms with E-state index in [-0.39, 0.29) is 11.5 Å². The zero-order valence-corrected chi connectivity index (χ0v) is 9.83. The molecular formula is C11H13N3OS. The van der Waals surface area contributed by atoms with E-state index >= 15 is 0 Å². The van der Waals surface area contributed by atoms with E-state index in [1.54, 1.807) is 23.7 Å². The van der Waals surface area contributed by atoms with E-state index in [2.05, 4.69) is 16.9 Å². The molecule has 0 radical (unpaired) electrons. The van der Waals surface area contributed by atoms with Crippen molar-refractivity contribution < 1.29 is 4.74 Å². The lowest BCUT2D eigenvalue weighted by atomic mass is 9.87. The number of pyridine rings is 1. The molecule has 84 valence electrons. The van der Waals surface area contributed by atoms with E-state index < -0.39 is 0 Å². The van der Waals surface area contributed by atoms with Gasteiger partial charge in [-0.3, -0.25) is 4.98 Å². The summed E-state index contributed by atoms with van der Waals surface area (Å²) in [7, 11) is 0. The molecular weight excluding hydrogens is 222 g/mol. The van der Waals surface area contributed by atoms with Gasteiger partial charge in [-0.25, -0.2) is 4.98 Å². The van der Waals surface area contributed by atoms with Gasteiger partial charge in [-0.1, -0.05) is 0 Å². The van der Waals surface area contributed by atoms with Crippen molar-refractivity contribution in [3.8, 4) is 0 Å². The second-order valence-corrected chi connectivity index (χ2v) is 5.43. The largest absolute Gasteiger partial charge is 0.379 e.